The van der Waals surface area contributed by atoms with Crippen LogP contribution in [0.2, 0.25) is 0 Å². The number of thiazole rings is 1. The number of carbonyl (C=O) groups is 1. The van der Waals surface area contributed by atoms with Gasteiger partial charge in [-0.1, -0.05) is 6.07 Å². The Bertz CT molecular complexity index is 1060. The van der Waals surface area contributed by atoms with Crippen LogP contribution in [0.15, 0.2) is 46.8 Å². The van der Waals surface area contributed by atoms with Crippen LogP contribution in [0.1, 0.15) is 21.5 Å². The zero-order valence-corrected chi connectivity index (χ0v) is 16.9. The molecule has 0 aliphatic heterocycles. The van der Waals surface area contributed by atoms with Gasteiger partial charge in [-0.3, -0.25) is 4.79 Å². The molecule has 140 valence electrons. The fraction of sp³-hybridized carbons (Fsp3) is 0.238. The molecule has 3 aromatic rings. The number of hydrogen-bond acceptors (Lipinski definition) is 4. The van der Waals surface area contributed by atoms with Crippen molar-refractivity contribution in [3.8, 4) is 22.8 Å². The third-order valence-corrected chi connectivity index (χ3v) is 5.49. The summed E-state index contributed by atoms with van der Waals surface area (Å²) in [7, 11) is 5.15. The van der Waals surface area contributed by atoms with Crippen molar-refractivity contribution in [3.63, 3.8) is 0 Å². The molecular weight excluding hydrogens is 360 g/mol. The Labute approximate surface area is 162 Å². The zero-order valence-electron chi connectivity index (χ0n) is 16.1. The van der Waals surface area contributed by atoms with Gasteiger partial charge in [-0.15, -0.1) is 11.3 Å². The number of nitrogens with zero attached hydrogens (tertiary/aromatic N) is 2. The van der Waals surface area contributed by atoms with E-state index in [2.05, 4.69) is 18.0 Å². The normalized spacial score (nSPS) is 11.5. The molecule has 0 bridgehead atoms. The fourth-order valence-corrected chi connectivity index (χ4v) is 3.73. The summed E-state index contributed by atoms with van der Waals surface area (Å²) in [5.74, 6) is 1.19. The van der Waals surface area contributed by atoms with Crippen molar-refractivity contribution in [2.75, 3.05) is 14.2 Å². The molecule has 0 atom stereocenters. The first-order valence-electron chi connectivity index (χ1n) is 8.48. The highest BCUT2D eigenvalue weighted by atomic mass is 32.1. The molecule has 5 nitrogen and oxygen atoms in total. The maximum atomic E-state index is 12.5. The quantitative estimate of drug-likeness (QED) is 0.682. The van der Waals surface area contributed by atoms with Crippen LogP contribution in [0, 0.1) is 13.8 Å². The smallest absolute Gasteiger partial charge is 0.279 e. The SMILES string of the molecule is COc1cccc(C(=O)/N=c2/scc(-c3cc(C)c(C)c(OC)c3)n2C)c1. The van der Waals surface area contributed by atoms with Gasteiger partial charge in [0.1, 0.15) is 11.5 Å². The van der Waals surface area contributed by atoms with Gasteiger partial charge in [-0.05, 0) is 55.3 Å². The predicted octanol–water partition coefficient (Wildman–Crippen LogP) is 4.13. The Morgan fingerprint density at radius 3 is 2.59 bits per heavy atom. The molecule has 27 heavy (non-hydrogen) atoms. The average Bonchev–Trinajstić information content (AvgIpc) is 3.04. The van der Waals surface area contributed by atoms with E-state index in [1.807, 2.05) is 30.0 Å². The van der Waals surface area contributed by atoms with Crippen LogP contribution in [0.3, 0.4) is 0 Å². The lowest BCUT2D eigenvalue weighted by Crippen LogP contribution is -2.14. The molecule has 0 aliphatic carbocycles. The van der Waals surface area contributed by atoms with E-state index in [0.29, 0.717) is 16.1 Å². The largest absolute Gasteiger partial charge is 0.497 e. The molecule has 1 heterocycles. The van der Waals surface area contributed by atoms with E-state index in [1.165, 1.54) is 11.3 Å². The third kappa shape index (κ3) is 3.80. The van der Waals surface area contributed by atoms with Crippen LogP contribution in [-0.4, -0.2) is 24.7 Å². The lowest BCUT2D eigenvalue weighted by atomic mass is 10.0. The molecule has 2 aromatic carbocycles. The van der Waals surface area contributed by atoms with Crippen molar-refractivity contribution in [3.05, 3.63) is 63.3 Å². The lowest BCUT2D eigenvalue weighted by molar-refractivity contribution is 0.0997. The second-order valence-corrected chi connectivity index (χ2v) is 7.07. The Morgan fingerprint density at radius 2 is 1.89 bits per heavy atom. The molecule has 1 amide bonds. The summed E-state index contributed by atoms with van der Waals surface area (Å²) >= 11 is 1.43. The monoisotopic (exact) mass is 382 g/mol. The van der Waals surface area contributed by atoms with Crippen LogP contribution >= 0.6 is 11.3 Å². The molecule has 6 heteroatoms. The number of carbonyl (C=O) groups excluding carboxylic acids is 1. The molecule has 0 radical (unpaired) electrons. The van der Waals surface area contributed by atoms with E-state index >= 15 is 0 Å². The summed E-state index contributed by atoms with van der Waals surface area (Å²) in [6.07, 6.45) is 0. The minimum absolute atomic E-state index is 0.296. The molecule has 0 N–H and O–H groups in total. The predicted molar refractivity (Wildman–Crippen MR) is 108 cm³/mol. The summed E-state index contributed by atoms with van der Waals surface area (Å²) < 4.78 is 12.6. The van der Waals surface area contributed by atoms with E-state index in [9.17, 15) is 4.79 Å². The molecule has 0 saturated carbocycles. The first kappa shape index (κ1) is 18.9. The minimum Gasteiger partial charge on any atom is -0.497 e. The van der Waals surface area contributed by atoms with Crippen molar-refractivity contribution in [1.29, 1.82) is 0 Å². The number of hydrogen-bond donors (Lipinski definition) is 0. The molecule has 0 spiro atoms. The minimum atomic E-state index is -0.296. The van der Waals surface area contributed by atoms with Gasteiger partial charge in [-0.2, -0.15) is 4.99 Å². The summed E-state index contributed by atoms with van der Waals surface area (Å²) in [6.45, 7) is 4.10. The van der Waals surface area contributed by atoms with Crippen LogP contribution in [0.25, 0.3) is 11.3 Å². The number of amides is 1. The van der Waals surface area contributed by atoms with Crippen LogP contribution in [0.5, 0.6) is 11.5 Å². The molecule has 0 unspecified atom stereocenters. The summed E-state index contributed by atoms with van der Waals surface area (Å²) in [5, 5.41) is 2.00. The summed E-state index contributed by atoms with van der Waals surface area (Å²) in [4.78, 5) is 17.5. The van der Waals surface area contributed by atoms with Gasteiger partial charge in [0.2, 0.25) is 0 Å². The van der Waals surface area contributed by atoms with E-state index in [4.69, 9.17) is 9.47 Å². The Morgan fingerprint density at radius 1 is 1.11 bits per heavy atom. The molecular formula is C21H22N2O3S. The highest BCUT2D eigenvalue weighted by molar-refractivity contribution is 7.07. The molecule has 0 aliphatic rings. The van der Waals surface area contributed by atoms with E-state index in [0.717, 1.165) is 28.1 Å². The van der Waals surface area contributed by atoms with Gasteiger partial charge in [-0.25, -0.2) is 0 Å². The van der Waals surface area contributed by atoms with Crippen LogP contribution < -0.4 is 14.3 Å². The van der Waals surface area contributed by atoms with E-state index in [1.54, 1.807) is 38.5 Å². The van der Waals surface area contributed by atoms with Gasteiger partial charge in [0.25, 0.3) is 5.91 Å². The number of methoxy groups -OCH3 is 2. The van der Waals surface area contributed by atoms with E-state index in [-0.39, 0.29) is 5.91 Å². The standard InChI is InChI=1S/C21H22N2O3S/c1-13-9-16(11-19(26-5)14(13)2)18-12-27-21(23(18)3)22-20(24)15-7-6-8-17(10-15)25-4/h6-12H,1-5H3/b22-21+. The van der Waals surface area contributed by atoms with Gasteiger partial charge in [0, 0.05) is 23.6 Å². The maximum Gasteiger partial charge on any atom is 0.279 e. The summed E-state index contributed by atoms with van der Waals surface area (Å²) in [5.41, 5.74) is 4.79. The number of aromatic nitrogens is 1. The Balaban J connectivity index is 2.01. The second kappa shape index (κ2) is 7.80. The first-order valence-corrected chi connectivity index (χ1v) is 9.35. The third-order valence-electron chi connectivity index (χ3n) is 4.57. The van der Waals surface area contributed by atoms with Gasteiger partial charge < -0.3 is 14.0 Å². The average molecular weight is 382 g/mol. The van der Waals surface area contributed by atoms with Crippen molar-refractivity contribution < 1.29 is 14.3 Å². The fourth-order valence-electron chi connectivity index (χ4n) is 2.83. The van der Waals surface area contributed by atoms with Crippen LogP contribution in [-0.2, 0) is 7.05 Å². The van der Waals surface area contributed by atoms with Crippen molar-refractivity contribution in [2.24, 2.45) is 12.0 Å². The Kier molecular flexibility index (Phi) is 5.46. The van der Waals surface area contributed by atoms with Gasteiger partial charge in [0.05, 0.1) is 19.9 Å². The molecule has 0 saturated heterocycles. The van der Waals surface area contributed by atoms with Crippen molar-refractivity contribution in [1.82, 2.24) is 4.57 Å². The van der Waals surface area contributed by atoms with Gasteiger partial charge in [0.15, 0.2) is 4.80 Å². The number of benzene rings is 2. The van der Waals surface area contributed by atoms with Crippen molar-refractivity contribution in [2.45, 2.75) is 13.8 Å². The number of ether oxygens (including phenoxy) is 2. The second-order valence-electron chi connectivity index (χ2n) is 6.23. The van der Waals surface area contributed by atoms with E-state index < -0.39 is 0 Å². The number of aryl methyl sites for hydroxylation is 1. The zero-order chi connectivity index (χ0) is 19.6. The number of rotatable bonds is 4. The first-order chi connectivity index (χ1) is 12.9. The highest BCUT2D eigenvalue weighted by Crippen LogP contribution is 2.29. The molecule has 0 fully saturated rings. The van der Waals surface area contributed by atoms with Crippen LogP contribution in [0.4, 0.5) is 0 Å². The topological polar surface area (TPSA) is 52.8 Å². The Hall–Kier alpha value is -2.86. The highest BCUT2D eigenvalue weighted by Gasteiger charge is 2.11. The lowest BCUT2D eigenvalue weighted by Gasteiger charge is -2.11. The molecule has 3 rings (SSSR count). The summed E-state index contributed by atoms with van der Waals surface area (Å²) in [6, 6.07) is 11.1. The van der Waals surface area contributed by atoms with Gasteiger partial charge >= 0.3 is 0 Å². The maximum absolute atomic E-state index is 12.5. The van der Waals surface area contributed by atoms with Crippen molar-refractivity contribution >= 4 is 17.2 Å². The molecule has 1 aromatic heterocycles.